The van der Waals surface area contributed by atoms with E-state index in [2.05, 4.69) is 29.6 Å². The smallest absolute Gasteiger partial charge is 0.123 e. The number of carbonyl (C=O) groups excluding carboxylic acids is 1. The monoisotopic (exact) mass is 201 g/mol. The van der Waals surface area contributed by atoms with E-state index in [0.717, 1.165) is 25.5 Å². The molecule has 1 fully saturated rings. The lowest BCUT2D eigenvalue weighted by Crippen LogP contribution is -2.28. The lowest BCUT2D eigenvalue weighted by atomic mass is 9.77. The van der Waals surface area contributed by atoms with Crippen LogP contribution in [0.15, 0.2) is 24.3 Å². The maximum Gasteiger partial charge on any atom is 0.123 e. The lowest BCUT2D eigenvalue weighted by Gasteiger charge is -2.29. The Morgan fingerprint density at radius 2 is 2.13 bits per heavy atom. The Morgan fingerprint density at radius 3 is 3.00 bits per heavy atom. The van der Waals surface area contributed by atoms with E-state index in [1.165, 1.54) is 11.3 Å². The van der Waals surface area contributed by atoms with Crippen LogP contribution < -0.4 is 5.32 Å². The number of hydrogen-bond donors (Lipinski definition) is 1. The van der Waals surface area contributed by atoms with Crippen LogP contribution >= 0.6 is 0 Å². The largest absolute Gasteiger partial charge is 0.381 e. The summed E-state index contributed by atoms with van der Waals surface area (Å²) in [5, 5.41) is 3.57. The van der Waals surface area contributed by atoms with Crippen LogP contribution in [0.5, 0.6) is 0 Å². The molecule has 1 saturated carbocycles. The van der Waals surface area contributed by atoms with Crippen LogP contribution in [0, 0.1) is 5.92 Å². The molecule has 1 aliphatic heterocycles. The first-order valence-corrected chi connectivity index (χ1v) is 5.69. The molecular formula is C13H15NO. The van der Waals surface area contributed by atoms with E-state index in [9.17, 15) is 4.79 Å². The van der Waals surface area contributed by atoms with Gasteiger partial charge in [-0.2, -0.15) is 0 Å². The van der Waals surface area contributed by atoms with Crippen molar-refractivity contribution in [1.29, 1.82) is 0 Å². The Morgan fingerprint density at radius 1 is 1.27 bits per heavy atom. The van der Waals surface area contributed by atoms with Gasteiger partial charge in [-0.05, 0) is 30.9 Å². The molecule has 3 atom stereocenters. The van der Waals surface area contributed by atoms with Gasteiger partial charge in [-0.3, -0.25) is 0 Å². The van der Waals surface area contributed by atoms with E-state index < -0.39 is 0 Å². The van der Waals surface area contributed by atoms with Crippen molar-refractivity contribution in [1.82, 2.24) is 0 Å². The molecule has 2 heteroatoms. The number of fused-ring (bicyclic) bond motifs is 3. The van der Waals surface area contributed by atoms with E-state index in [1.54, 1.807) is 0 Å². The van der Waals surface area contributed by atoms with E-state index in [4.69, 9.17) is 0 Å². The molecule has 0 bridgehead atoms. The number of hydrogen-bond acceptors (Lipinski definition) is 2. The fourth-order valence-corrected chi connectivity index (χ4v) is 2.99. The van der Waals surface area contributed by atoms with Gasteiger partial charge in [0, 0.05) is 23.6 Å². The van der Waals surface area contributed by atoms with Gasteiger partial charge in [0.05, 0.1) is 0 Å². The van der Waals surface area contributed by atoms with Crippen LogP contribution in [0.25, 0.3) is 0 Å². The average molecular weight is 201 g/mol. The SMILES string of the molecule is O=CC1CCC2Nc3ccccc3C2C1. The van der Waals surface area contributed by atoms with Gasteiger partial charge >= 0.3 is 0 Å². The molecule has 15 heavy (non-hydrogen) atoms. The van der Waals surface area contributed by atoms with Crippen molar-refractivity contribution in [3.8, 4) is 0 Å². The fourth-order valence-electron chi connectivity index (χ4n) is 2.99. The van der Waals surface area contributed by atoms with E-state index in [1.807, 2.05) is 0 Å². The molecule has 0 spiro atoms. The molecule has 1 aromatic carbocycles. The first-order chi connectivity index (χ1) is 7.38. The van der Waals surface area contributed by atoms with Gasteiger partial charge in [0.1, 0.15) is 6.29 Å². The number of nitrogens with one attached hydrogen (secondary N) is 1. The van der Waals surface area contributed by atoms with Gasteiger partial charge in [0.2, 0.25) is 0 Å². The average Bonchev–Trinajstić information content (AvgIpc) is 2.66. The number of benzene rings is 1. The zero-order chi connectivity index (χ0) is 10.3. The van der Waals surface area contributed by atoms with Crippen molar-refractivity contribution in [3.05, 3.63) is 29.8 Å². The molecule has 1 aliphatic carbocycles. The molecule has 3 rings (SSSR count). The minimum absolute atomic E-state index is 0.277. The van der Waals surface area contributed by atoms with Gasteiger partial charge in [-0.15, -0.1) is 0 Å². The molecule has 0 aromatic heterocycles. The summed E-state index contributed by atoms with van der Waals surface area (Å²) >= 11 is 0. The Balaban J connectivity index is 1.92. The molecule has 0 radical (unpaired) electrons. The molecule has 2 nitrogen and oxygen atoms in total. The summed E-state index contributed by atoms with van der Waals surface area (Å²) in [7, 11) is 0. The minimum atomic E-state index is 0.277. The maximum atomic E-state index is 10.8. The Labute approximate surface area is 89.7 Å². The Bertz CT molecular complexity index is 388. The molecule has 0 amide bonds. The first kappa shape index (κ1) is 8.96. The number of aldehydes is 1. The van der Waals surface area contributed by atoms with Gasteiger partial charge in [0.25, 0.3) is 0 Å². The molecule has 1 aromatic rings. The zero-order valence-corrected chi connectivity index (χ0v) is 8.65. The second-order valence-electron chi connectivity index (χ2n) is 4.65. The first-order valence-electron chi connectivity index (χ1n) is 5.69. The summed E-state index contributed by atoms with van der Waals surface area (Å²) < 4.78 is 0. The van der Waals surface area contributed by atoms with Gasteiger partial charge in [-0.25, -0.2) is 0 Å². The van der Waals surface area contributed by atoms with Gasteiger partial charge in [0.15, 0.2) is 0 Å². The highest BCUT2D eigenvalue weighted by Crippen LogP contribution is 2.44. The lowest BCUT2D eigenvalue weighted by molar-refractivity contribution is -0.112. The van der Waals surface area contributed by atoms with Crippen LogP contribution in [-0.4, -0.2) is 12.3 Å². The Kier molecular flexibility index (Phi) is 2.01. The van der Waals surface area contributed by atoms with Crippen molar-refractivity contribution in [3.63, 3.8) is 0 Å². The molecule has 78 valence electrons. The van der Waals surface area contributed by atoms with Crippen molar-refractivity contribution in [2.24, 2.45) is 5.92 Å². The highest BCUT2D eigenvalue weighted by atomic mass is 16.1. The standard InChI is InChI=1S/C13H15NO/c15-8-9-5-6-13-11(7-9)10-3-1-2-4-12(10)14-13/h1-4,8-9,11,13-14H,5-7H2. The summed E-state index contributed by atoms with van der Waals surface area (Å²) in [6.45, 7) is 0. The van der Waals surface area contributed by atoms with Crippen LogP contribution in [-0.2, 0) is 4.79 Å². The zero-order valence-electron chi connectivity index (χ0n) is 8.65. The summed E-state index contributed by atoms with van der Waals surface area (Å²) in [4.78, 5) is 10.8. The van der Waals surface area contributed by atoms with Crippen molar-refractivity contribution in [2.45, 2.75) is 31.2 Å². The summed E-state index contributed by atoms with van der Waals surface area (Å²) in [6, 6.07) is 9.07. The van der Waals surface area contributed by atoms with Crippen molar-refractivity contribution in [2.75, 3.05) is 5.32 Å². The second-order valence-corrected chi connectivity index (χ2v) is 4.65. The third-order valence-electron chi connectivity index (χ3n) is 3.78. The van der Waals surface area contributed by atoms with E-state index in [-0.39, 0.29) is 5.92 Å². The Hall–Kier alpha value is -1.31. The number of carbonyl (C=O) groups is 1. The fraction of sp³-hybridized carbons (Fsp3) is 0.462. The van der Waals surface area contributed by atoms with E-state index in [0.29, 0.717) is 12.0 Å². The van der Waals surface area contributed by atoms with Crippen LogP contribution in [0.2, 0.25) is 0 Å². The molecule has 2 aliphatic rings. The van der Waals surface area contributed by atoms with Crippen LogP contribution in [0.3, 0.4) is 0 Å². The van der Waals surface area contributed by atoms with Crippen LogP contribution in [0.4, 0.5) is 5.69 Å². The number of anilines is 1. The van der Waals surface area contributed by atoms with Crippen molar-refractivity contribution >= 4 is 12.0 Å². The summed E-state index contributed by atoms with van der Waals surface area (Å²) in [6.07, 6.45) is 4.34. The highest BCUT2D eigenvalue weighted by molar-refractivity contribution is 5.61. The third-order valence-corrected chi connectivity index (χ3v) is 3.78. The third kappa shape index (κ3) is 1.36. The van der Waals surface area contributed by atoms with Gasteiger partial charge in [-0.1, -0.05) is 18.2 Å². The molecule has 1 N–H and O–H groups in total. The minimum Gasteiger partial charge on any atom is -0.381 e. The predicted molar refractivity (Wildman–Crippen MR) is 60.0 cm³/mol. The summed E-state index contributed by atoms with van der Waals surface area (Å²) in [5.41, 5.74) is 2.69. The number of para-hydroxylation sites is 1. The topological polar surface area (TPSA) is 29.1 Å². The molecular weight excluding hydrogens is 186 g/mol. The molecule has 1 heterocycles. The second kappa shape index (κ2) is 3.37. The van der Waals surface area contributed by atoms with E-state index >= 15 is 0 Å². The highest BCUT2D eigenvalue weighted by Gasteiger charge is 2.36. The van der Waals surface area contributed by atoms with Crippen LogP contribution in [0.1, 0.15) is 30.7 Å². The quantitative estimate of drug-likeness (QED) is 0.707. The maximum absolute atomic E-state index is 10.8. The molecule has 0 saturated heterocycles. The predicted octanol–water partition coefficient (Wildman–Crippen LogP) is 2.56. The normalized spacial score (nSPS) is 32.7. The summed E-state index contributed by atoms with van der Waals surface area (Å²) in [5.74, 6) is 0.837. The number of rotatable bonds is 1. The van der Waals surface area contributed by atoms with Gasteiger partial charge < -0.3 is 10.1 Å². The van der Waals surface area contributed by atoms with Crippen molar-refractivity contribution < 1.29 is 4.79 Å². The molecule has 3 unspecified atom stereocenters.